The summed E-state index contributed by atoms with van der Waals surface area (Å²) in [5, 5.41) is 9.04. The van der Waals surface area contributed by atoms with Gasteiger partial charge in [-0.2, -0.15) is 5.10 Å². The van der Waals surface area contributed by atoms with E-state index in [4.69, 9.17) is 14.7 Å². The molecule has 1 fully saturated rings. The molecule has 0 radical (unpaired) electrons. The van der Waals surface area contributed by atoms with Crippen LogP contribution in [0.5, 0.6) is 0 Å². The van der Waals surface area contributed by atoms with Crippen LogP contribution < -0.4 is 0 Å². The smallest absolute Gasteiger partial charge is 0.143 e. The molecule has 2 aliphatic rings. The molecule has 0 amide bonds. The molecule has 0 bridgehead atoms. The van der Waals surface area contributed by atoms with E-state index in [-0.39, 0.29) is 0 Å². The van der Waals surface area contributed by atoms with Gasteiger partial charge in [0.1, 0.15) is 23.9 Å². The van der Waals surface area contributed by atoms with Crippen LogP contribution in [0.3, 0.4) is 0 Å². The van der Waals surface area contributed by atoms with Gasteiger partial charge >= 0.3 is 0 Å². The number of fused-ring (bicyclic) bond motifs is 2. The second-order valence-corrected chi connectivity index (χ2v) is 8.77. The number of aromatic amines is 1. The lowest BCUT2D eigenvalue weighted by atomic mass is 9.93. The number of aryl methyl sites for hydroxylation is 1. The Morgan fingerprint density at radius 1 is 1.12 bits per heavy atom. The largest absolute Gasteiger partial charge is 0.372 e. The van der Waals surface area contributed by atoms with Crippen molar-refractivity contribution in [2.24, 2.45) is 0 Å². The minimum absolute atomic E-state index is 0.499. The standard InChI is InChI=1S/C24H27N7O/c1-16-18-4-2-3-5-19(18)27-23(26-16)14-30-8-6-17(7-9-30)20-12-21(29-28-20)22-13-25-24-15-32-11-10-31(22)24/h2-5,12-13,17H,6-11,14-15H2,1H3,(H,28,29). The van der Waals surface area contributed by atoms with Gasteiger partial charge < -0.3 is 9.30 Å². The maximum absolute atomic E-state index is 5.50. The average Bonchev–Trinajstić information content (AvgIpc) is 3.47. The summed E-state index contributed by atoms with van der Waals surface area (Å²) >= 11 is 0. The summed E-state index contributed by atoms with van der Waals surface area (Å²) in [6, 6.07) is 10.4. The molecule has 6 rings (SSSR count). The zero-order valence-corrected chi connectivity index (χ0v) is 18.3. The number of nitrogens with one attached hydrogen (secondary N) is 1. The van der Waals surface area contributed by atoms with Crippen LogP contribution in [0, 0.1) is 6.92 Å². The van der Waals surface area contributed by atoms with Crippen LogP contribution in [0.25, 0.3) is 22.3 Å². The molecule has 0 unspecified atom stereocenters. The Morgan fingerprint density at radius 3 is 2.91 bits per heavy atom. The van der Waals surface area contributed by atoms with Gasteiger partial charge in [-0.3, -0.25) is 10.00 Å². The summed E-state index contributed by atoms with van der Waals surface area (Å²) in [6.45, 7) is 7.09. The first-order chi connectivity index (χ1) is 15.7. The van der Waals surface area contributed by atoms with Crippen molar-refractivity contribution in [1.29, 1.82) is 0 Å². The van der Waals surface area contributed by atoms with Crippen molar-refractivity contribution >= 4 is 10.9 Å². The third kappa shape index (κ3) is 3.59. The average molecular weight is 430 g/mol. The zero-order chi connectivity index (χ0) is 21.5. The van der Waals surface area contributed by atoms with Crippen molar-refractivity contribution in [2.75, 3.05) is 19.7 Å². The maximum Gasteiger partial charge on any atom is 0.143 e. The van der Waals surface area contributed by atoms with Gasteiger partial charge in [0.05, 0.1) is 30.6 Å². The molecular formula is C24H27N7O. The highest BCUT2D eigenvalue weighted by Gasteiger charge is 2.24. The molecule has 0 spiro atoms. The Balaban J connectivity index is 1.12. The number of ether oxygens (including phenoxy) is 1. The molecule has 1 aromatic carbocycles. The lowest BCUT2D eigenvalue weighted by Gasteiger charge is -2.30. The Morgan fingerprint density at radius 2 is 2.00 bits per heavy atom. The molecule has 2 aliphatic heterocycles. The van der Waals surface area contributed by atoms with Crippen molar-refractivity contribution in [3.8, 4) is 11.4 Å². The summed E-state index contributed by atoms with van der Waals surface area (Å²) in [7, 11) is 0. The number of imidazole rings is 1. The van der Waals surface area contributed by atoms with Crippen molar-refractivity contribution in [2.45, 2.75) is 45.4 Å². The van der Waals surface area contributed by atoms with Crippen molar-refractivity contribution in [1.82, 2.24) is 34.6 Å². The van der Waals surface area contributed by atoms with Crippen LogP contribution in [-0.4, -0.2) is 54.3 Å². The number of likely N-dealkylation sites (tertiary alicyclic amines) is 1. The van der Waals surface area contributed by atoms with Crippen LogP contribution in [0.4, 0.5) is 0 Å². The van der Waals surface area contributed by atoms with E-state index in [1.54, 1.807) is 0 Å². The topological polar surface area (TPSA) is 84.8 Å². The summed E-state index contributed by atoms with van der Waals surface area (Å²) in [5.41, 5.74) is 5.36. The van der Waals surface area contributed by atoms with Crippen LogP contribution in [0.2, 0.25) is 0 Å². The summed E-state index contributed by atoms with van der Waals surface area (Å²) in [5.74, 6) is 2.40. The van der Waals surface area contributed by atoms with Crippen molar-refractivity contribution in [3.63, 3.8) is 0 Å². The van der Waals surface area contributed by atoms with Crippen LogP contribution >= 0.6 is 0 Å². The summed E-state index contributed by atoms with van der Waals surface area (Å²) in [6.07, 6.45) is 4.12. The highest BCUT2D eigenvalue weighted by atomic mass is 16.5. The van der Waals surface area contributed by atoms with Gasteiger partial charge in [0.25, 0.3) is 0 Å². The number of hydrogen-bond acceptors (Lipinski definition) is 6. The molecule has 1 N–H and O–H groups in total. The van der Waals surface area contributed by atoms with E-state index < -0.39 is 0 Å². The molecule has 0 saturated carbocycles. The van der Waals surface area contributed by atoms with E-state index in [1.165, 1.54) is 5.69 Å². The molecule has 3 aromatic heterocycles. The van der Waals surface area contributed by atoms with Gasteiger partial charge in [0.2, 0.25) is 0 Å². The minimum atomic E-state index is 0.499. The number of nitrogens with zero attached hydrogens (tertiary/aromatic N) is 6. The van der Waals surface area contributed by atoms with E-state index in [0.29, 0.717) is 12.5 Å². The van der Waals surface area contributed by atoms with E-state index in [1.807, 2.05) is 18.3 Å². The number of rotatable bonds is 4. The number of piperidine rings is 1. The van der Waals surface area contributed by atoms with Crippen LogP contribution in [0.1, 0.15) is 41.8 Å². The molecule has 164 valence electrons. The lowest BCUT2D eigenvalue weighted by Crippen LogP contribution is -2.33. The van der Waals surface area contributed by atoms with Crippen molar-refractivity contribution in [3.05, 3.63) is 59.6 Å². The quantitative estimate of drug-likeness (QED) is 0.535. The van der Waals surface area contributed by atoms with E-state index in [2.05, 4.69) is 49.8 Å². The first-order valence-electron chi connectivity index (χ1n) is 11.4. The number of H-pyrrole nitrogens is 1. The number of aromatic nitrogens is 6. The third-order valence-corrected chi connectivity index (χ3v) is 6.72. The number of benzene rings is 1. The Hall–Kier alpha value is -3.10. The lowest BCUT2D eigenvalue weighted by molar-refractivity contribution is 0.0821. The van der Waals surface area contributed by atoms with Gasteiger partial charge in [-0.1, -0.05) is 18.2 Å². The van der Waals surface area contributed by atoms with Gasteiger partial charge in [-0.25, -0.2) is 15.0 Å². The predicted molar refractivity (Wildman–Crippen MR) is 121 cm³/mol. The highest BCUT2D eigenvalue weighted by Crippen LogP contribution is 2.30. The molecule has 8 heteroatoms. The van der Waals surface area contributed by atoms with E-state index in [9.17, 15) is 0 Å². The predicted octanol–water partition coefficient (Wildman–Crippen LogP) is 3.43. The van der Waals surface area contributed by atoms with Gasteiger partial charge in [-0.15, -0.1) is 0 Å². The molecule has 1 saturated heterocycles. The summed E-state index contributed by atoms with van der Waals surface area (Å²) in [4.78, 5) is 16.5. The molecule has 5 heterocycles. The zero-order valence-electron chi connectivity index (χ0n) is 18.3. The molecule has 32 heavy (non-hydrogen) atoms. The monoisotopic (exact) mass is 429 g/mol. The van der Waals surface area contributed by atoms with Gasteiger partial charge in [0.15, 0.2) is 0 Å². The SMILES string of the molecule is Cc1nc(CN2CCC(c3cc(-c4cnc5n4CCOC5)n[nH]3)CC2)nc2ccccc12. The van der Waals surface area contributed by atoms with Gasteiger partial charge in [-0.05, 0) is 45.0 Å². The fraction of sp³-hybridized carbons (Fsp3) is 0.417. The van der Waals surface area contributed by atoms with Crippen molar-refractivity contribution < 1.29 is 4.74 Å². The fourth-order valence-electron chi connectivity index (χ4n) is 4.95. The Labute approximate surface area is 186 Å². The summed E-state index contributed by atoms with van der Waals surface area (Å²) < 4.78 is 7.72. The normalized spacial score (nSPS) is 17.7. The first kappa shape index (κ1) is 19.6. The Kier molecular flexibility index (Phi) is 4.96. The van der Waals surface area contributed by atoms with E-state index in [0.717, 1.165) is 85.3 Å². The molecule has 8 nitrogen and oxygen atoms in total. The fourth-order valence-corrected chi connectivity index (χ4v) is 4.95. The second kappa shape index (κ2) is 8.11. The molecule has 4 aromatic rings. The van der Waals surface area contributed by atoms with Crippen LogP contribution in [-0.2, 0) is 24.4 Å². The number of para-hydroxylation sites is 1. The molecule has 0 atom stereocenters. The minimum Gasteiger partial charge on any atom is -0.372 e. The Bertz CT molecular complexity index is 1250. The molecular weight excluding hydrogens is 402 g/mol. The van der Waals surface area contributed by atoms with E-state index >= 15 is 0 Å². The van der Waals surface area contributed by atoms with Gasteiger partial charge in [0, 0.05) is 29.2 Å². The number of hydrogen-bond donors (Lipinski definition) is 1. The maximum atomic E-state index is 5.50. The van der Waals surface area contributed by atoms with Crippen LogP contribution in [0.15, 0.2) is 36.5 Å². The highest BCUT2D eigenvalue weighted by molar-refractivity contribution is 5.80. The third-order valence-electron chi connectivity index (χ3n) is 6.72. The second-order valence-electron chi connectivity index (χ2n) is 8.77. The first-order valence-corrected chi connectivity index (χ1v) is 11.4. The molecule has 0 aliphatic carbocycles.